The Morgan fingerprint density at radius 2 is 2.25 bits per heavy atom. The van der Waals surface area contributed by atoms with Gasteiger partial charge in [-0.3, -0.25) is 0 Å². The summed E-state index contributed by atoms with van der Waals surface area (Å²) in [4.78, 5) is 10.7. The van der Waals surface area contributed by atoms with E-state index in [0.717, 1.165) is 0 Å². The predicted octanol–water partition coefficient (Wildman–Crippen LogP) is 1.81. The number of alkyl halides is 2. The van der Waals surface area contributed by atoms with Crippen LogP contribution in [-0.2, 0) is 9.53 Å². The van der Waals surface area contributed by atoms with Gasteiger partial charge in [0.1, 0.15) is 0 Å². The highest BCUT2D eigenvalue weighted by Crippen LogP contribution is 2.44. The van der Waals surface area contributed by atoms with E-state index in [0.29, 0.717) is 0 Å². The molecule has 0 saturated heterocycles. The van der Waals surface area contributed by atoms with E-state index in [1.165, 1.54) is 6.92 Å². The standard InChI is InChI=1S/C7H7F3O2/c1-2-12-6(11)4-3-7(9,10)5(4)8/h2-3H2,1H3. The maximum Gasteiger partial charge on any atom is 0.337 e. The molecular weight excluding hydrogens is 173 g/mol. The maximum absolute atomic E-state index is 12.4. The second kappa shape index (κ2) is 2.80. The Morgan fingerprint density at radius 1 is 1.67 bits per heavy atom. The molecule has 0 bridgehead atoms. The van der Waals surface area contributed by atoms with Crippen molar-refractivity contribution in [2.24, 2.45) is 0 Å². The van der Waals surface area contributed by atoms with Crippen molar-refractivity contribution in [3.63, 3.8) is 0 Å². The van der Waals surface area contributed by atoms with Crippen LogP contribution in [0.1, 0.15) is 13.3 Å². The minimum atomic E-state index is -3.46. The first kappa shape index (κ1) is 9.09. The topological polar surface area (TPSA) is 26.3 Å². The van der Waals surface area contributed by atoms with Crippen molar-refractivity contribution < 1.29 is 22.7 Å². The molecule has 0 N–H and O–H groups in total. The molecule has 5 heteroatoms. The monoisotopic (exact) mass is 180 g/mol. The van der Waals surface area contributed by atoms with Gasteiger partial charge in [0.2, 0.25) is 0 Å². The first-order chi connectivity index (χ1) is 5.49. The molecule has 0 amide bonds. The van der Waals surface area contributed by atoms with Crippen molar-refractivity contribution in [3.8, 4) is 0 Å². The van der Waals surface area contributed by atoms with Crippen LogP contribution in [0.3, 0.4) is 0 Å². The molecule has 0 unspecified atom stereocenters. The van der Waals surface area contributed by atoms with Crippen molar-refractivity contribution in [3.05, 3.63) is 11.4 Å². The van der Waals surface area contributed by atoms with Crippen LogP contribution in [0.25, 0.3) is 0 Å². The first-order valence-electron chi connectivity index (χ1n) is 3.43. The predicted molar refractivity (Wildman–Crippen MR) is 34.3 cm³/mol. The second-order valence-corrected chi connectivity index (χ2v) is 2.39. The Bertz CT molecular complexity index is 245. The van der Waals surface area contributed by atoms with Crippen molar-refractivity contribution in [1.82, 2.24) is 0 Å². The number of hydrogen-bond acceptors (Lipinski definition) is 2. The zero-order valence-electron chi connectivity index (χ0n) is 6.36. The number of esters is 1. The summed E-state index contributed by atoms with van der Waals surface area (Å²) in [6, 6.07) is 0. The summed E-state index contributed by atoms with van der Waals surface area (Å²) in [5.74, 6) is -6.09. The summed E-state index contributed by atoms with van der Waals surface area (Å²) >= 11 is 0. The minimum absolute atomic E-state index is 0.0567. The molecule has 0 aromatic heterocycles. The Balaban J connectivity index is 2.69. The summed E-state index contributed by atoms with van der Waals surface area (Å²) in [5.41, 5.74) is -0.540. The van der Waals surface area contributed by atoms with Gasteiger partial charge in [-0.15, -0.1) is 0 Å². The molecule has 0 aliphatic heterocycles. The van der Waals surface area contributed by atoms with Crippen LogP contribution in [0, 0.1) is 0 Å². The summed E-state index contributed by atoms with van der Waals surface area (Å²) in [6.07, 6.45) is -0.850. The molecule has 0 atom stereocenters. The van der Waals surface area contributed by atoms with E-state index in [-0.39, 0.29) is 6.61 Å². The van der Waals surface area contributed by atoms with Crippen LogP contribution < -0.4 is 0 Å². The molecule has 12 heavy (non-hydrogen) atoms. The molecule has 0 heterocycles. The maximum atomic E-state index is 12.4. The van der Waals surface area contributed by atoms with Gasteiger partial charge in [0.15, 0.2) is 5.83 Å². The number of rotatable bonds is 2. The molecule has 0 aromatic rings. The molecule has 1 rings (SSSR count). The number of carbonyl (C=O) groups is 1. The fraction of sp³-hybridized carbons (Fsp3) is 0.571. The zero-order chi connectivity index (χ0) is 9.35. The van der Waals surface area contributed by atoms with Crippen molar-refractivity contribution in [2.45, 2.75) is 19.3 Å². The molecule has 0 radical (unpaired) electrons. The highest BCUT2D eigenvalue weighted by atomic mass is 19.3. The van der Waals surface area contributed by atoms with Crippen molar-refractivity contribution in [1.29, 1.82) is 0 Å². The lowest BCUT2D eigenvalue weighted by molar-refractivity contribution is -0.142. The number of allylic oxidation sites excluding steroid dienone is 1. The molecular formula is C7H7F3O2. The normalized spacial score (nSPS) is 20.3. The van der Waals surface area contributed by atoms with Gasteiger partial charge in [-0.25, -0.2) is 9.18 Å². The fourth-order valence-corrected chi connectivity index (χ4v) is 0.871. The van der Waals surface area contributed by atoms with Crippen molar-refractivity contribution in [2.75, 3.05) is 6.61 Å². The third kappa shape index (κ3) is 1.31. The third-order valence-corrected chi connectivity index (χ3v) is 1.51. The van der Waals surface area contributed by atoms with E-state index in [4.69, 9.17) is 0 Å². The van der Waals surface area contributed by atoms with Gasteiger partial charge in [-0.05, 0) is 6.92 Å². The van der Waals surface area contributed by atoms with E-state index >= 15 is 0 Å². The number of carbonyl (C=O) groups excluding carboxylic acids is 1. The quantitative estimate of drug-likeness (QED) is 0.606. The molecule has 2 nitrogen and oxygen atoms in total. The van der Waals surface area contributed by atoms with E-state index in [2.05, 4.69) is 4.74 Å². The van der Waals surface area contributed by atoms with Gasteiger partial charge in [0, 0.05) is 0 Å². The van der Waals surface area contributed by atoms with E-state index in [1.807, 2.05) is 0 Å². The van der Waals surface area contributed by atoms with Gasteiger partial charge < -0.3 is 4.74 Å². The average molecular weight is 180 g/mol. The minimum Gasteiger partial charge on any atom is -0.463 e. The smallest absolute Gasteiger partial charge is 0.337 e. The Labute approximate surface area is 67.0 Å². The first-order valence-corrected chi connectivity index (χ1v) is 3.43. The number of hydrogen-bond donors (Lipinski definition) is 0. The van der Waals surface area contributed by atoms with E-state index in [9.17, 15) is 18.0 Å². The highest BCUT2D eigenvalue weighted by molar-refractivity contribution is 5.91. The van der Waals surface area contributed by atoms with Crippen LogP contribution in [0.5, 0.6) is 0 Å². The fourth-order valence-electron chi connectivity index (χ4n) is 0.871. The summed E-state index contributed by atoms with van der Waals surface area (Å²) in [7, 11) is 0. The lowest BCUT2D eigenvalue weighted by Crippen LogP contribution is -2.33. The zero-order valence-corrected chi connectivity index (χ0v) is 6.36. The van der Waals surface area contributed by atoms with Crippen LogP contribution in [0.15, 0.2) is 11.4 Å². The Kier molecular flexibility index (Phi) is 2.12. The van der Waals surface area contributed by atoms with Crippen molar-refractivity contribution >= 4 is 5.97 Å². The summed E-state index contributed by atoms with van der Waals surface area (Å²) in [5, 5.41) is 0. The lowest BCUT2D eigenvalue weighted by Gasteiger charge is -2.25. The highest BCUT2D eigenvalue weighted by Gasteiger charge is 2.50. The molecule has 0 aromatic carbocycles. The number of halogens is 3. The average Bonchev–Trinajstić information content (AvgIpc) is 2.00. The Morgan fingerprint density at radius 3 is 2.58 bits per heavy atom. The van der Waals surface area contributed by atoms with Crippen LogP contribution in [0.4, 0.5) is 13.2 Å². The van der Waals surface area contributed by atoms with Gasteiger partial charge >= 0.3 is 11.9 Å². The summed E-state index contributed by atoms with van der Waals surface area (Å²) < 4.78 is 41.0. The summed E-state index contributed by atoms with van der Waals surface area (Å²) in [6.45, 7) is 1.58. The van der Waals surface area contributed by atoms with E-state index in [1.54, 1.807) is 0 Å². The number of ether oxygens (including phenoxy) is 1. The Hall–Kier alpha value is -1.00. The molecule has 0 spiro atoms. The van der Waals surface area contributed by atoms with Gasteiger partial charge in [-0.2, -0.15) is 8.78 Å². The molecule has 68 valence electrons. The molecule has 0 saturated carbocycles. The van der Waals surface area contributed by atoms with Gasteiger partial charge in [0.05, 0.1) is 18.6 Å². The van der Waals surface area contributed by atoms with Crippen LogP contribution in [0.2, 0.25) is 0 Å². The van der Waals surface area contributed by atoms with Gasteiger partial charge in [0.25, 0.3) is 0 Å². The lowest BCUT2D eigenvalue weighted by atomic mass is 9.93. The van der Waals surface area contributed by atoms with Gasteiger partial charge in [-0.1, -0.05) is 0 Å². The molecule has 1 aliphatic rings. The molecule has 0 fully saturated rings. The molecule has 1 aliphatic carbocycles. The SMILES string of the molecule is CCOC(=O)C1=C(F)C(F)(F)C1. The van der Waals surface area contributed by atoms with Crippen LogP contribution in [-0.4, -0.2) is 18.5 Å². The second-order valence-electron chi connectivity index (χ2n) is 2.39. The van der Waals surface area contributed by atoms with E-state index < -0.39 is 29.7 Å². The van der Waals surface area contributed by atoms with Crippen LogP contribution >= 0.6 is 0 Å². The third-order valence-electron chi connectivity index (χ3n) is 1.51. The largest absolute Gasteiger partial charge is 0.463 e.